The van der Waals surface area contributed by atoms with E-state index in [1.165, 1.54) is 30.4 Å². The maximum Gasteiger partial charge on any atom is 0.113 e. The summed E-state index contributed by atoms with van der Waals surface area (Å²) in [6.07, 6.45) is 7.99. The number of rotatable bonds is 5. The predicted octanol–water partition coefficient (Wildman–Crippen LogP) is 4.34. The Kier molecular flexibility index (Phi) is 4.03. The minimum absolute atomic E-state index is 0.733. The first-order chi connectivity index (χ1) is 7.90. The zero-order valence-corrected chi connectivity index (χ0v) is 9.74. The van der Waals surface area contributed by atoms with Gasteiger partial charge in [-0.25, -0.2) is 0 Å². The summed E-state index contributed by atoms with van der Waals surface area (Å²) < 4.78 is 5.73. The first-order valence-corrected chi connectivity index (χ1v) is 6.10. The minimum atomic E-state index is 0.733. The van der Waals surface area contributed by atoms with Crippen molar-refractivity contribution in [1.82, 2.24) is 0 Å². The van der Waals surface area contributed by atoms with Gasteiger partial charge in [0.05, 0.1) is 5.76 Å². The second-order valence-corrected chi connectivity index (χ2v) is 4.26. The highest BCUT2D eigenvalue weighted by Crippen LogP contribution is 2.24. The van der Waals surface area contributed by atoms with Crippen LogP contribution in [0.3, 0.4) is 0 Å². The molecule has 0 atom stereocenters. The summed E-state index contributed by atoms with van der Waals surface area (Å²) in [7, 11) is 0. The molecule has 2 rings (SSSR count). The van der Waals surface area contributed by atoms with Gasteiger partial charge in [-0.05, 0) is 23.6 Å². The summed E-state index contributed by atoms with van der Waals surface area (Å²) in [4.78, 5) is 0. The van der Waals surface area contributed by atoms with Crippen molar-refractivity contribution >= 4 is 6.08 Å². The summed E-state index contributed by atoms with van der Waals surface area (Å²) >= 11 is 0. The van der Waals surface area contributed by atoms with Crippen molar-refractivity contribution in [3.05, 3.63) is 48.1 Å². The Bertz CT molecular complexity index is 365. The van der Waals surface area contributed by atoms with Gasteiger partial charge in [-0.15, -0.1) is 0 Å². The molecule has 1 nitrogen and oxygen atoms in total. The zero-order chi connectivity index (χ0) is 11.2. The molecular formula is C15H19O. The lowest BCUT2D eigenvalue weighted by atomic mass is 10.0. The maximum atomic E-state index is 5.73. The molecule has 1 radical (unpaired) electrons. The van der Waals surface area contributed by atoms with Crippen molar-refractivity contribution in [2.75, 3.05) is 0 Å². The molecule has 0 fully saturated rings. The number of fused-ring (bicyclic) bond motifs is 1. The van der Waals surface area contributed by atoms with E-state index in [1.54, 1.807) is 0 Å². The van der Waals surface area contributed by atoms with Crippen LogP contribution in [-0.2, 0) is 11.3 Å². The molecular weight excluding hydrogens is 196 g/mol. The van der Waals surface area contributed by atoms with Crippen molar-refractivity contribution in [2.45, 2.75) is 38.7 Å². The van der Waals surface area contributed by atoms with Gasteiger partial charge in [0.25, 0.3) is 0 Å². The van der Waals surface area contributed by atoms with E-state index in [1.807, 2.05) is 0 Å². The van der Waals surface area contributed by atoms with E-state index in [4.69, 9.17) is 4.74 Å². The largest absolute Gasteiger partial charge is 0.493 e. The predicted molar refractivity (Wildman–Crippen MR) is 67.7 cm³/mol. The van der Waals surface area contributed by atoms with Gasteiger partial charge < -0.3 is 4.74 Å². The van der Waals surface area contributed by atoms with Crippen molar-refractivity contribution in [2.24, 2.45) is 0 Å². The Hall–Kier alpha value is -1.24. The molecule has 0 aliphatic carbocycles. The van der Waals surface area contributed by atoms with Crippen LogP contribution in [0, 0.1) is 6.92 Å². The fraction of sp³-hybridized carbons (Fsp3) is 0.400. The molecule has 0 unspecified atom stereocenters. The Morgan fingerprint density at radius 3 is 2.88 bits per heavy atom. The van der Waals surface area contributed by atoms with Crippen molar-refractivity contribution in [3.63, 3.8) is 0 Å². The molecule has 0 saturated heterocycles. The molecule has 1 heteroatoms. The lowest BCUT2D eigenvalue weighted by Gasteiger charge is -2.17. The van der Waals surface area contributed by atoms with E-state index < -0.39 is 0 Å². The van der Waals surface area contributed by atoms with Crippen LogP contribution in [0.1, 0.15) is 43.2 Å². The first-order valence-electron chi connectivity index (χ1n) is 6.10. The van der Waals surface area contributed by atoms with Gasteiger partial charge in [0.2, 0.25) is 0 Å². The SMILES string of the molecule is [CH2]CCCCCC1=Cc2ccccc2CO1. The molecule has 0 spiro atoms. The van der Waals surface area contributed by atoms with Gasteiger partial charge >= 0.3 is 0 Å². The molecule has 1 aliphatic rings. The molecule has 1 aliphatic heterocycles. The molecule has 0 bridgehead atoms. The highest BCUT2D eigenvalue weighted by atomic mass is 16.5. The topological polar surface area (TPSA) is 9.23 Å². The average molecular weight is 215 g/mol. The average Bonchev–Trinajstić information content (AvgIpc) is 2.34. The quantitative estimate of drug-likeness (QED) is 0.664. The van der Waals surface area contributed by atoms with Gasteiger partial charge in [-0.2, -0.15) is 0 Å². The molecule has 1 aromatic carbocycles. The molecule has 85 valence electrons. The molecule has 16 heavy (non-hydrogen) atoms. The van der Waals surface area contributed by atoms with Crippen LogP contribution in [0.15, 0.2) is 30.0 Å². The highest BCUT2D eigenvalue weighted by molar-refractivity contribution is 5.56. The normalized spacial score (nSPS) is 13.9. The van der Waals surface area contributed by atoms with E-state index in [0.717, 1.165) is 25.2 Å². The summed E-state index contributed by atoms with van der Waals surface area (Å²) in [5, 5.41) is 0. The summed E-state index contributed by atoms with van der Waals surface area (Å²) in [6.45, 7) is 4.59. The van der Waals surface area contributed by atoms with Crippen LogP contribution in [0.5, 0.6) is 0 Å². The van der Waals surface area contributed by atoms with Crippen LogP contribution in [0.4, 0.5) is 0 Å². The fourth-order valence-electron chi connectivity index (χ4n) is 1.99. The number of hydrogen-bond acceptors (Lipinski definition) is 1. The lowest BCUT2D eigenvalue weighted by Crippen LogP contribution is -2.02. The number of benzene rings is 1. The summed E-state index contributed by atoms with van der Waals surface area (Å²) in [5.41, 5.74) is 2.62. The van der Waals surface area contributed by atoms with Gasteiger partial charge in [-0.3, -0.25) is 0 Å². The van der Waals surface area contributed by atoms with Gasteiger partial charge in [-0.1, -0.05) is 50.5 Å². The Morgan fingerprint density at radius 2 is 2.00 bits per heavy atom. The van der Waals surface area contributed by atoms with Crippen molar-refractivity contribution in [1.29, 1.82) is 0 Å². The molecule has 1 heterocycles. The summed E-state index contributed by atoms with van der Waals surface area (Å²) in [6, 6.07) is 8.44. The smallest absolute Gasteiger partial charge is 0.113 e. The molecule has 0 aromatic heterocycles. The number of allylic oxidation sites excluding steroid dienone is 1. The molecule has 0 saturated carbocycles. The van der Waals surface area contributed by atoms with Crippen molar-refractivity contribution in [3.8, 4) is 0 Å². The number of unbranched alkanes of at least 4 members (excludes halogenated alkanes) is 3. The third kappa shape index (κ3) is 2.88. The fourth-order valence-corrected chi connectivity index (χ4v) is 1.99. The maximum absolute atomic E-state index is 5.73. The lowest BCUT2D eigenvalue weighted by molar-refractivity contribution is 0.186. The second kappa shape index (κ2) is 5.74. The minimum Gasteiger partial charge on any atom is -0.493 e. The summed E-state index contributed by atoms with van der Waals surface area (Å²) in [5.74, 6) is 1.14. The van der Waals surface area contributed by atoms with Crippen LogP contribution in [0.2, 0.25) is 0 Å². The van der Waals surface area contributed by atoms with Crippen LogP contribution < -0.4 is 0 Å². The van der Waals surface area contributed by atoms with Crippen LogP contribution in [0.25, 0.3) is 6.08 Å². The number of hydrogen-bond donors (Lipinski definition) is 0. The van der Waals surface area contributed by atoms with E-state index >= 15 is 0 Å². The highest BCUT2D eigenvalue weighted by Gasteiger charge is 2.09. The zero-order valence-electron chi connectivity index (χ0n) is 9.74. The van der Waals surface area contributed by atoms with E-state index in [-0.39, 0.29) is 0 Å². The monoisotopic (exact) mass is 215 g/mol. The third-order valence-electron chi connectivity index (χ3n) is 2.96. The number of ether oxygens (including phenoxy) is 1. The standard InChI is InChI=1S/C15H19O/c1-2-3-4-5-10-15-11-13-8-6-7-9-14(13)12-16-15/h6-9,11H,1-5,10,12H2. The van der Waals surface area contributed by atoms with E-state index in [2.05, 4.69) is 37.3 Å². The molecule has 0 amide bonds. The molecule has 0 N–H and O–H groups in total. The Morgan fingerprint density at radius 1 is 1.12 bits per heavy atom. The Balaban J connectivity index is 1.91. The van der Waals surface area contributed by atoms with E-state index in [9.17, 15) is 0 Å². The van der Waals surface area contributed by atoms with Crippen molar-refractivity contribution < 1.29 is 4.74 Å². The van der Waals surface area contributed by atoms with Gasteiger partial charge in [0.1, 0.15) is 6.61 Å². The van der Waals surface area contributed by atoms with Crippen LogP contribution >= 0.6 is 0 Å². The van der Waals surface area contributed by atoms with E-state index in [0.29, 0.717) is 0 Å². The van der Waals surface area contributed by atoms with Crippen LogP contribution in [-0.4, -0.2) is 0 Å². The van der Waals surface area contributed by atoms with Gasteiger partial charge in [0, 0.05) is 6.42 Å². The second-order valence-electron chi connectivity index (χ2n) is 4.26. The third-order valence-corrected chi connectivity index (χ3v) is 2.96. The van der Waals surface area contributed by atoms with Gasteiger partial charge in [0.15, 0.2) is 0 Å². The first kappa shape index (κ1) is 11.3. The Labute approximate surface area is 98.1 Å². The molecule has 1 aromatic rings.